The normalized spacial score (nSPS) is 11.8. The minimum atomic E-state index is -0.229. The molecular weight excluding hydrogens is 286 g/mol. The van der Waals surface area contributed by atoms with Crippen LogP contribution < -0.4 is 5.32 Å². The minimum absolute atomic E-state index is 0.229. The fourth-order valence-corrected chi connectivity index (χ4v) is 2.82. The van der Waals surface area contributed by atoms with Gasteiger partial charge in [0, 0.05) is 10.8 Å². The van der Waals surface area contributed by atoms with Gasteiger partial charge in [-0.05, 0) is 23.7 Å². The molecule has 0 aliphatic rings. The number of rotatable bonds is 2. The monoisotopic (exact) mass is 301 g/mol. The SMILES string of the molecule is CC(C)(C)c1nnsc1C(=O)Nc1n[nH]c2ccccc12. The summed E-state index contributed by atoms with van der Waals surface area (Å²) >= 11 is 1.10. The van der Waals surface area contributed by atoms with Crippen molar-refractivity contribution >= 4 is 34.2 Å². The molecule has 21 heavy (non-hydrogen) atoms. The highest BCUT2D eigenvalue weighted by Gasteiger charge is 2.26. The number of anilines is 1. The predicted octanol–water partition coefficient (Wildman–Crippen LogP) is 2.96. The lowest BCUT2D eigenvalue weighted by Crippen LogP contribution is -2.20. The van der Waals surface area contributed by atoms with E-state index >= 15 is 0 Å². The van der Waals surface area contributed by atoms with Crippen molar-refractivity contribution < 1.29 is 4.79 Å². The Morgan fingerprint density at radius 1 is 1.29 bits per heavy atom. The molecule has 6 nitrogen and oxygen atoms in total. The van der Waals surface area contributed by atoms with Gasteiger partial charge in [0.15, 0.2) is 5.82 Å². The summed E-state index contributed by atoms with van der Waals surface area (Å²) < 4.78 is 3.90. The van der Waals surface area contributed by atoms with Crippen LogP contribution in [0, 0.1) is 0 Å². The van der Waals surface area contributed by atoms with Crippen LogP contribution in [0.25, 0.3) is 10.9 Å². The van der Waals surface area contributed by atoms with E-state index in [1.807, 2.05) is 45.0 Å². The van der Waals surface area contributed by atoms with Crippen LogP contribution >= 0.6 is 11.5 Å². The van der Waals surface area contributed by atoms with Crippen molar-refractivity contribution in [2.75, 3.05) is 5.32 Å². The molecule has 0 aliphatic heterocycles. The van der Waals surface area contributed by atoms with Crippen molar-refractivity contribution in [2.45, 2.75) is 26.2 Å². The number of H-pyrrole nitrogens is 1. The smallest absolute Gasteiger partial charge is 0.270 e. The van der Waals surface area contributed by atoms with Crippen LogP contribution in [0.4, 0.5) is 5.82 Å². The van der Waals surface area contributed by atoms with Gasteiger partial charge in [-0.1, -0.05) is 37.4 Å². The highest BCUT2D eigenvalue weighted by molar-refractivity contribution is 7.08. The Morgan fingerprint density at radius 3 is 2.81 bits per heavy atom. The van der Waals surface area contributed by atoms with Crippen LogP contribution in [0.2, 0.25) is 0 Å². The van der Waals surface area contributed by atoms with Gasteiger partial charge in [0.25, 0.3) is 5.91 Å². The first-order valence-electron chi connectivity index (χ1n) is 6.54. The fraction of sp³-hybridized carbons (Fsp3) is 0.286. The first kappa shape index (κ1) is 13.7. The highest BCUT2D eigenvalue weighted by atomic mass is 32.1. The Bertz CT molecular complexity index is 799. The molecule has 2 aromatic heterocycles. The quantitative estimate of drug-likeness (QED) is 0.762. The maximum atomic E-state index is 12.4. The van der Waals surface area contributed by atoms with Crippen molar-refractivity contribution in [3.63, 3.8) is 0 Å². The summed E-state index contributed by atoms with van der Waals surface area (Å²) in [5.41, 5.74) is 1.35. The molecule has 2 N–H and O–H groups in total. The van der Waals surface area contributed by atoms with Gasteiger partial charge in [0.1, 0.15) is 4.88 Å². The summed E-state index contributed by atoms with van der Waals surface area (Å²) in [5.74, 6) is 0.288. The van der Waals surface area contributed by atoms with E-state index in [0.717, 1.165) is 22.4 Å². The van der Waals surface area contributed by atoms with Gasteiger partial charge in [-0.3, -0.25) is 9.89 Å². The molecule has 0 aliphatic carbocycles. The zero-order valence-electron chi connectivity index (χ0n) is 12.0. The van der Waals surface area contributed by atoms with E-state index in [9.17, 15) is 4.79 Å². The minimum Gasteiger partial charge on any atom is -0.304 e. The number of nitrogens with one attached hydrogen (secondary N) is 2. The Labute approximate surface area is 125 Å². The Hall–Kier alpha value is -2.28. The largest absolute Gasteiger partial charge is 0.304 e. The van der Waals surface area contributed by atoms with Gasteiger partial charge < -0.3 is 5.32 Å². The highest BCUT2D eigenvalue weighted by Crippen LogP contribution is 2.27. The molecule has 3 rings (SSSR count). The predicted molar refractivity (Wildman–Crippen MR) is 82.7 cm³/mol. The number of aromatic nitrogens is 4. The van der Waals surface area contributed by atoms with Crippen LogP contribution in [-0.2, 0) is 5.41 Å². The van der Waals surface area contributed by atoms with Crippen LogP contribution in [0.5, 0.6) is 0 Å². The number of nitrogens with zero attached hydrogens (tertiary/aromatic N) is 3. The second-order valence-electron chi connectivity index (χ2n) is 5.77. The van der Waals surface area contributed by atoms with Crippen LogP contribution in [0.1, 0.15) is 36.1 Å². The standard InChI is InChI=1S/C14H15N5OS/c1-14(2,3)11-10(21-19-17-11)13(20)15-12-8-6-4-5-7-9(8)16-18-12/h4-7H,1-3H3,(H2,15,16,18,20). The molecule has 1 amide bonds. The molecule has 1 aromatic carbocycles. The lowest BCUT2D eigenvalue weighted by Gasteiger charge is -2.15. The van der Waals surface area contributed by atoms with Gasteiger partial charge in [0.05, 0.1) is 11.2 Å². The van der Waals surface area contributed by atoms with Crippen molar-refractivity contribution in [1.82, 2.24) is 19.8 Å². The fourth-order valence-electron chi connectivity index (χ4n) is 2.05. The van der Waals surface area contributed by atoms with E-state index in [1.165, 1.54) is 0 Å². The molecule has 0 atom stereocenters. The molecule has 0 unspecified atom stereocenters. The van der Waals surface area contributed by atoms with Gasteiger partial charge >= 0.3 is 0 Å². The average molecular weight is 301 g/mol. The van der Waals surface area contributed by atoms with Gasteiger partial charge in [-0.2, -0.15) is 5.10 Å². The number of benzene rings is 1. The van der Waals surface area contributed by atoms with Crippen molar-refractivity contribution in [3.05, 3.63) is 34.8 Å². The molecule has 0 fully saturated rings. The maximum Gasteiger partial charge on any atom is 0.270 e. The first-order valence-corrected chi connectivity index (χ1v) is 7.31. The molecule has 0 spiro atoms. The molecule has 2 heterocycles. The summed E-state index contributed by atoms with van der Waals surface area (Å²) in [5, 5.41) is 14.8. The number of aromatic amines is 1. The molecule has 0 saturated heterocycles. The molecule has 3 aromatic rings. The van der Waals surface area contributed by atoms with Crippen LogP contribution in [0.15, 0.2) is 24.3 Å². The first-order chi connectivity index (χ1) is 9.97. The summed E-state index contributed by atoms with van der Waals surface area (Å²) in [6.07, 6.45) is 0. The second-order valence-corrected chi connectivity index (χ2v) is 6.53. The molecular formula is C14H15N5OS. The number of hydrogen-bond donors (Lipinski definition) is 2. The van der Waals surface area contributed by atoms with E-state index in [4.69, 9.17) is 0 Å². The van der Waals surface area contributed by atoms with Crippen LogP contribution in [-0.4, -0.2) is 25.7 Å². The van der Waals surface area contributed by atoms with Crippen LogP contribution in [0.3, 0.4) is 0 Å². The van der Waals surface area contributed by atoms with Gasteiger partial charge in [-0.15, -0.1) is 5.10 Å². The summed E-state index contributed by atoms with van der Waals surface area (Å²) in [4.78, 5) is 13.0. The number of carbonyl (C=O) groups excluding carboxylic acids is 1. The third-order valence-corrected chi connectivity index (χ3v) is 3.83. The topological polar surface area (TPSA) is 83.6 Å². The zero-order valence-corrected chi connectivity index (χ0v) is 12.8. The Balaban J connectivity index is 1.92. The number of fused-ring (bicyclic) bond motifs is 1. The number of para-hydroxylation sites is 1. The molecule has 0 bridgehead atoms. The molecule has 108 valence electrons. The molecule has 7 heteroatoms. The molecule has 0 radical (unpaired) electrons. The van der Waals surface area contributed by atoms with E-state index in [2.05, 4.69) is 25.1 Å². The lowest BCUT2D eigenvalue weighted by molar-refractivity contribution is 0.102. The van der Waals surface area contributed by atoms with Gasteiger partial charge in [0.2, 0.25) is 0 Å². The number of hydrogen-bond acceptors (Lipinski definition) is 5. The van der Waals surface area contributed by atoms with Crippen molar-refractivity contribution in [2.24, 2.45) is 0 Å². The van der Waals surface area contributed by atoms with Gasteiger partial charge in [-0.25, -0.2) is 0 Å². The van der Waals surface area contributed by atoms with E-state index in [1.54, 1.807) is 0 Å². The third kappa shape index (κ3) is 2.52. The Morgan fingerprint density at radius 2 is 2.05 bits per heavy atom. The zero-order chi connectivity index (χ0) is 15.0. The molecule has 0 saturated carbocycles. The third-order valence-electron chi connectivity index (χ3n) is 3.11. The average Bonchev–Trinajstić information content (AvgIpc) is 3.05. The van der Waals surface area contributed by atoms with Crippen molar-refractivity contribution in [1.29, 1.82) is 0 Å². The lowest BCUT2D eigenvalue weighted by atomic mass is 9.91. The van der Waals surface area contributed by atoms with E-state index in [-0.39, 0.29) is 11.3 Å². The summed E-state index contributed by atoms with van der Waals surface area (Å²) in [7, 11) is 0. The Kier molecular flexibility index (Phi) is 3.21. The second kappa shape index (κ2) is 4.92. The maximum absolute atomic E-state index is 12.4. The number of amides is 1. The van der Waals surface area contributed by atoms with Crippen molar-refractivity contribution in [3.8, 4) is 0 Å². The van der Waals surface area contributed by atoms with E-state index < -0.39 is 0 Å². The van der Waals surface area contributed by atoms with E-state index in [0.29, 0.717) is 16.4 Å². The summed E-state index contributed by atoms with van der Waals surface area (Å²) in [6, 6.07) is 7.64. The number of carbonyl (C=O) groups is 1. The summed E-state index contributed by atoms with van der Waals surface area (Å²) in [6.45, 7) is 6.01.